The molecule has 200 valence electrons. The fourth-order valence-electron chi connectivity index (χ4n) is 4.47. The third-order valence-corrected chi connectivity index (χ3v) is 6.71. The van der Waals surface area contributed by atoms with Gasteiger partial charge in [0.05, 0.1) is 29.5 Å². The van der Waals surface area contributed by atoms with Gasteiger partial charge in [0, 0.05) is 12.3 Å². The predicted molar refractivity (Wildman–Crippen MR) is 125 cm³/mol. The zero-order valence-corrected chi connectivity index (χ0v) is 20.0. The Morgan fingerprint density at radius 2 is 1.89 bits per heavy atom. The molecule has 0 bridgehead atoms. The van der Waals surface area contributed by atoms with Crippen molar-refractivity contribution in [3.05, 3.63) is 62.9 Å². The molecular formula is C24H18ClF5N4O4. The number of nitrogens with zero attached hydrogens (tertiary/aromatic N) is 3. The Bertz CT molecular complexity index is 1520. The van der Waals surface area contributed by atoms with Crippen LogP contribution >= 0.6 is 11.6 Å². The number of nitrogens with one attached hydrogen (secondary N) is 1. The molecule has 2 N–H and O–H groups in total. The minimum Gasteiger partial charge on any atom is -0.391 e. The summed E-state index contributed by atoms with van der Waals surface area (Å²) >= 11 is 6.09. The van der Waals surface area contributed by atoms with Crippen molar-refractivity contribution in [2.45, 2.75) is 37.6 Å². The lowest BCUT2D eigenvalue weighted by atomic mass is 10.1. The van der Waals surface area contributed by atoms with Gasteiger partial charge in [-0.25, -0.2) is 13.8 Å². The SMILES string of the molecule is O=C(N[C@H](C1CC1)C(F)(F)F)c1cn(-c2c(F)cc(F)cc2Cl)c2nc(N3C[C@@H](O)CC3=O)ccc2c1=O. The highest BCUT2D eigenvalue weighted by Gasteiger charge is 2.50. The number of halogens is 6. The summed E-state index contributed by atoms with van der Waals surface area (Å²) in [7, 11) is 0. The molecule has 0 spiro atoms. The summed E-state index contributed by atoms with van der Waals surface area (Å²) in [6.45, 7) is -0.103. The molecule has 2 aliphatic rings. The summed E-state index contributed by atoms with van der Waals surface area (Å²) in [5.41, 5.74) is -2.59. The fraction of sp³-hybridized carbons (Fsp3) is 0.333. The standard InChI is InChI=1S/C24H18ClF5N4O4/c25-15-5-11(26)6-16(27)19(15)34-9-14(23(38)32-21(10-1-2-10)24(28,29)30)20(37)13-3-4-17(31-22(13)34)33-8-12(35)7-18(33)36/h3-6,9-10,12,21,35H,1-2,7-8H2,(H,32,38)/t12-,21+/m0/s1. The summed E-state index contributed by atoms with van der Waals surface area (Å²) in [5, 5.41) is 10.9. The minimum absolute atomic E-state index is 0.0195. The molecule has 14 heteroatoms. The number of amides is 2. The van der Waals surface area contributed by atoms with Crippen molar-refractivity contribution in [2.24, 2.45) is 5.92 Å². The number of hydrogen-bond acceptors (Lipinski definition) is 5. The van der Waals surface area contributed by atoms with Gasteiger partial charge in [-0.15, -0.1) is 0 Å². The third-order valence-electron chi connectivity index (χ3n) is 6.42. The van der Waals surface area contributed by atoms with Crippen LogP contribution in [0.3, 0.4) is 0 Å². The van der Waals surface area contributed by atoms with Crippen molar-refractivity contribution in [1.82, 2.24) is 14.9 Å². The Balaban J connectivity index is 1.70. The van der Waals surface area contributed by atoms with E-state index in [1.165, 1.54) is 12.1 Å². The molecule has 3 heterocycles. The van der Waals surface area contributed by atoms with Crippen LogP contribution in [0.5, 0.6) is 0 Å². The monoisotopic (exact) mass is 556 g/mol. The normalized spacial score (nSPS) is 18.8. The van der Waals surface area contributed by atoms with Gasteiger partial charge in [-0.2, -0.15) is 13.2 Å². The van der Waals surface area contributed by atoms with Gasteiger partial charge in [-0.05, 0) is 37.0 Å². The van der Waals surface area contributed by atoms with Crippen LogP contribution in [0, 0.1) is 17.6 Å². The molecule has 8 nitrogen and oxygen atoms in total. The Morgan fingerprint density at radius 1 is 1.18 bits per heavy atom. The van der Waals surface area contributed by atoms with Gasteiger partial charge in [0.25, 0.3) is 5.91 Å². The largest absolute Gasteiger partial charge is 0.408 e. The van der Waals surface area contributed by atoms with Crippen molar-refractivity contribution in [1.29, 1.82) is 0 Å². The highest BCUT2D eigenvalue weighted by Crippen LogP contribution is 2.40. The summed E-state index contributed by atoms with van der Waals surface area (Å²) in [5.74, 6) is -4.91. The van der Waals surface area contributed by atoms with Gasteiger partial charge in [0.1, 0.15) is 28.9 Å². The molecule has 1 saturated heterocycles. The number of carbonyl (C=O) groups is 2. The van der Waals surface area contributed by atoms with E-state index < -0.39 is 69.4 Å². The average molecular weight is 557 g/mol. The second-order valence-corrected chi connectivity index (χ2v) is 9.60. The Labute approximate surface area is 215 Å². The van der Waals surface area contributed by atoms with Gasteiger partial charge < -0.3 is 10.4 Å². The molecule has 2 atom stereocenters. The number of alkyl halides is 3. The van der Waals surface area contributed by atoms with Crippen LogP contribution in [0.1, 0.15) is 29.6 Å². The zero-order chi connectivity index (χ0) is 27.5. The Morgan fingerprint density at radius 3 is 2.47 bits per heavy atom. The number of rotatable bonds is 5. The van der Waals surface area contributed by atoms with Gasteiger partial charge in [-0.3, -0.25) is 23.9 Å². The smallest absolute Gasteiger partial charge is 0.391 e. The zero-order valence-electron chi connectivity index (χ0n) is 19.2. The number of β-amino-alcohol motifs (C(OH)–C–C–N with tert-alkyl or cyclic N) is 1. The Kier molecular flexibility index (Phi) is 6.38. The summed E-state index contributed by atoms with van der Waals surface area (Å²) < 4.78 is 70.1. The summed E-state index contributed by atoms with van der Waals surface area (Å²) in [6.07, 6.45) is -4.63. The van der Waals surface area contributed by atoms with Gasteiger partial charge in [0.15, 0.2) is 11.5 Å². The number of aliphatic hydroxyl groups is 1. The molecule has 0 unspecified atom stereocenters. The van der Waals surface area contributed by atoms with Crippen molar-refractivity contribution in [3.8, 4) is 5.69 Å². The molecule has 5 rings (SSSR count). The van der Waals surface area contributed by atoms with Crippen molar-refractivity contribution in [3.63, 3.8) is 0 Å². The molecule has 2 amide bonds. The first-order chi connectivity index (χ1) is 17.8. The van der Waals surface area contributed by atoms with Crippen molar-refractivity contribution < 1.29 is 36.6 Å². The fourth-order valence-corrected chi connectivity index (χ4v) is 4.75. The molecule has 1 aliphatic carbocycles. The van der Waals surface area contributed by atoms with E-state index in [0.29, 0.717) is 6.07 Å². The molecule has 1 saturated carbocycles. The lowest BCUT2D eigenvalue weighted by Gasteiger charge is -2.22. The van der Waals surface area contributed by atoms with Crippen LogP contribution in [-0.4, -0.2) is 51.3 Å². The molecule has 3 aromatic rings. The maximum atomic E-state index is 15.0. The predicted octanol–water partition coefficient (Wildman–Crippen LogP) is 3.49. The van der Waals surface area contributed by atoms with E-state index >= 15 is 0 Å². The number of hydrogen-bond donors (Lipinski definition) is 2. The van der Waals surface area contributed by atoms with Gasteiger partial charge >= 0.3 is 6.18 Å². The first-order valence-electron chi connectivity index (χ1n) is 11.4. The van der Waals surface area contributed by atoms with E-state index in [9.17, 15) is 41.4 Å². The lowest BCUT2D eigenvalue weighted by Crippen LogP contribution is -2.48. The van der Waals surface area contributed by atoms with Gasteiger partial charge in [-0.1, -0.05) is 11.6 Å². The van der Waals surface area contributed by atoms with E-state index in [-0.39, 0.29) is 42.7 Å². The quantitative estimate of drug-likeness (QED) is 0.468. The molecule has 1 aromatic carbocycles. The van der Waals surface area contributed by atoms with Gasteiger partial charge in [0.2, 0.25) is 11.3 Å². The average Bonchev–Trinajstić information content (AvgIpc) is 3.59. The molecule has 2 aromatic heterocycles. The van der Waals surface area contributed by atoms with Crippen LogP contribution < -0.4 is 15.6 Å². The first kappa shape index (κ1) is 26.0. The molecular weight excluding hydrogens is 539 g/mol. The summed E-state index contributed by atoms with van der Waals surface area (Å²) in [4.78, 5) is 43.8. The number of pyridine rings is 2. The highest BCUT2D eigenvalue weighted by molar-refractivity contribution is 6.32. The number of benzene rings is 1. The number of aromatic nitrogens is 2. The van der Waals surface area contributed by atoms with Crippen LogP contribution in [0.15, 0.2) is 35.3 Å². The van der Waals surface area contributed by atoms with E-state index in [1.807, 2.05) is 5.32 Å². The van der Waals surface area contributed by atoms with Crippen LogP contribution in [-0.2, 0) is 4.79 Å². The number of anilines is 1. The van der Waals surface area contributed by atoms with Crippen LogP contribution in [0.4, 0.5) is 27.8 Å². The number of fused-ring (bicyclic) bond motifs is 1. The number of carbonyl (C=O) groups excluding carboxylic acids is 2. The Hall–Kier alpha value is -3.58. The third kappa shape index (κ3) is 4.71. The topological polar surface area (TPSA) is 105 Å². The first-order valence-corrected chi connectivity index (χ1v) is 11.8. The van der Waals surface area contributed by atoms with E-state index in [2.05, 4.69) is 4.98 Å². The van der Waals surface area contributed by atoms with Crippen LogP contribution in [0.25, 0.3) is 16.7 Å². The maximum absolute atomic E-state index is 15.0. The molecule has 0 radical (unpaired) electrons. The van der Waals surface area contributed by atoms with E-state index in [1.54, 1.807) is 0 Å². The minimum atomic E-state index is -4.76. The van der Waals surface area contributed by atoms with E-state index in [0.717, 1.165) is 21.7 Å². The summed E-state index contributed by atoms with van der Waals surface area (Å²) in [6, 6.07) is 1.49. The second-order valence-electron chi connectivity index (χ2n) is 9.19. The molecule has 38 heavy (non-hydrogen) atoms. The highest BCUT2D eigenvalue weighted by atomic mass is 35.5. The maximum Gasteiger partial charge on any atom is 0.408 e. The van der Waals surface area contributed by atoms with E-state index in [4.69, 9.17) is 11.6 Å². The van der Waals surface area contributed by atoms with Crippen molar-refractivity contribution in [2.75, 3.05) is 11.4 Å². The molecule has 2 fully saturated rings. The number of aliphatic hydroxyl groups excluding tert-OH is 1. The lowest BCUT2D eigenvalue weighted by molar-refractivity contribution is -0.158. The molecule has 1 aliphatic heterocycles. The van der Waals surface area contributed by atoms with Crippen molar-refractivity contribution >= 4 is 40.3 Å². The second kappa shape index (κ2) is 9.31. The van der Waals surface area contributed by atoms with Crippen LogP contribution in [0.2, 0.25) is 5.02 Å².